The van der Waals surface area contributed by atoms with Crippen molar-refractivity contribution in [3.8, 4) is 0 Å². The Morgan fingerprint density at radius 1 is 1.31 bits per heavy atom. The molecule has 0 aromatic carbocycles. The third kappa shape index (κ3) is 1.72. The number of hydrogen-bond acceptors (Lipinski definition) is 2. The van der Waals surface area contributed by atoms with Gasteiger partial charge >= 0.3 is 0 Å². The lowest BCUT2D eigenvalue weighted by Gasteiger charge is -2.27. The van der Waals surface area contributed by atoms with Crippen LogP contribution in [0.1, 0.15) is 63.6 Å². The first-order chi connectivity index (χ1) is 7.73. The van der Waals surface area contributed by atoms with E-state index in [2.05, 4.69) is 24.0 Å². The summed E-state index contributed by atoms with van der Waals surface area (Å²) in [5.74, 6) is 0.719. The van der Waals surface area contributed by atoms with Gasteiger partial charge in [-0.05, 0) is 25.7 Å². The predicted octanol–water partition coefficient (Wildman–Crippen LogP) is 3.17. The molecule has 1 heterocycles. The fraction of sp³-hybridized carbons (Fsp3) is 0.769. The summed E-state index contributed by atoms with van der Waals surface area (Å²) in [6.07, 6.45) is 8.67. The van der Waals surface area contributed by atoms with Crippen molar-refractivity contribution >= 4 is 5.82 Å². The Labute approximate surface area is 97.8 Å². The molecule has 0 amide bonds. The monoisotopic (exact) mass is 221 g/mol. The molecule has 0 atom stereocenters. The second-order valence-corrected chi connectivity index (χ2v) is 5.05. The Bertz CT molecular complexity index is 348. The maximum atomic E-state index is 5.97. The first-order valence-corrected chi connectivity index (χ1v) is 6.56. The van der Waals surface area contributed by atoms with Crippen LogP contribution in [0.25, 0.3) is 0 Å². The van der Waals surface area contributed by atoms with Crippen LogP contribution in [0.5, 0.6) is 0 Å². The Balaban J connectivity index is 2.37. The minimum Gasteiger partial charge on any atom is -0.382 e. The van der Waals surface area contributed by atoms with Crippen LogP contribution in [-0.2, 0) is 11.8 Å². The molecule has 16 heavy (non-hydrogen) atoms. The fourth-order valence-electron chi connectivity index (χ4n) is 3.15. The number of aromatic nitrogens is 2. The van der Waals surface area contributed by atoms with Crippen molar-refractivity contribution in [3.63, 3.8) is 0 Å². The molecule has 90 valence electrons. The maximum absolute atomic E-state index is 5.97. The van der Waals surface area contributed by atoms with E-state index in [4.69, 9.17) is 5.73 Å². The van der Waals surface area contributed by atoms with E-state index in [0.29, 0.717) is 5.41 Å². The third-order valence-corrected chi connectivity index (χ3v) is 4.17. The van der Waals surface area contributed by atoms with E-state index in [0.717, 1.165) is 18.7 Å². The average molecular weight is 221 g/mol. The van der Waals surface area contributed by atoms with Crippen molar-refractivity contribution in [2.24, 2.45) is 0 Å². The highest BCUT2D eigenvalue weighted by molar-refractivity contribution is 5.45. The number of rotatable bonds is 4. The van der Waals surface area contributed by atoms with Gasteiger partial charge in [-0.25, -0.2) is 0 Å². The van der Waals surface area contributed by atoms with E-state index < -0.39 is 0 Å². The van der Waals surface area contributed by atoms with Crippen molar-refractivity contribution < 1.29 is 0 Å². The van der Waals surface area contributed by atoms with Crippen molar-refractivity contribution in [3.05, 3.63) is 11.3 Å². The molecule has 0 saturated heterocycles. The number of nitrogens with zero attached hydrogens (tertiary/aromatic N) is 1. The molecule has 1 aliphatic carbocycles. The minimum absolute atomic E-state index is 0.342. The molecular weight excluding hydrogens is 198 g/mol. The molecule has 3 nitrogen and oxygen atoms in total. The number of nitrogens with one attached hydrogen (secondary N) is 1. The molecule has 0 spiro atoms. The number of anilines is 1. The highest BCUT2D eigenvalue weighted by Crippen LogP contribution is 2.45. The first-order valence-electron chi connectivity index (χ1n) is 6.56. The lowest BCUT2D eigenvalue weighted by molar-refractivity contribution is 0.408. The van der Waals surface area contributed by atoms with Gasteiger partial charge in [0.1, 0.15) is 5.82 Å². The van der Waals surface area contributed by atoms with Gasteiger partial charge in [0.25, 0.3) is 0 Å². The van der Waals surface area contributed by atoms with Gasteiger partial charge in [-0.3, -0.25) is 5.10 Å². The molecule has 2 rings (SSSR count). The van der Waals surface area contributed by atoms with Crippen molar-refractivity contribution in [2.75, 3.05) is 5.73 Å². The summed E-state index contributed by atoms with van der Waals surface area (Å²) in [6, 6.07) is 0. The Hall–Kier alpha value is -0.990. The van der Waals surface area contributed by atoms with Crippen LogP contribution in [0.15, 0.2) is 0 Å². The van der Waals surface area contributed by atoms with Gasteiger partial charge in [-0.15, -0.1) is 0 Å². The zero-order chi connectivity index (χ0) is 11.6. The van der Waals surface area contributed by atoms with E-state index in [1.807, 2.05) is 0 Å². The number of aromatic amines is 1. The summed E-state index contributed by atoms with van der Waals surface area (Å²) in [5.41, 5.74) is 8.93. The molecule has 1 aliphatic rings. The zero-order valence-electron chi connectivity index (χ0n) is 10.5. The summed E-state index contributed by atoms with van der Waals surface area (Å²) >= 11 is 0. The van der Waals surface area contributed by atoms with Gasteiger partial charge in [0.2, 0.25) is 0 Å². The van der Waals surface area contributed by atoms with E-state index in [-0.39, 0.29) is 0 Å². The summed E-state index contributed by atoms with van der Waals surface area (Å²) in [5, 5.41) is 7.44. The largest absolute Gasteiger partial charge is 0.382 e. The highest BCUT2D eigenvalue weighted by Gasteiger charge is 2.37. The normalized spacial score (nSPS) is 19.1. The van der Waals surface area contributed by atoms with Crippen LogP contribution in [0.3, 0.4) is 0 Å². The molecule has 0 radical (unpaired) electrons. The lowest BCUT2D eigenvalue weighted by atomic mass is 9.78. The van der Waals surface area contributed by atoms with Gasteiger partial charge in [-0.1, -0.05) is 33.1 Å². The summed E-state index contributed by atoms with van der Waals surface area (Å²) in [6.45, 7) is 4.49. The van der Waals surface area contributed by atoms with E-state index in [9.17, 15) is 0 Å². The quantitative estimate of drug-likeness (QED) is 0.820. The van der Waals surface area contributed by atoms with Gasteiger partial charge in [0, 0.05) is 16.7 Å². The maximum Gasteiger partial charge on any atom is 0.148 e. The number of hydrogen-bond donors (Lipinski definition) is 2. The van der Waals surface area contributed by atoms with Crippen LogP contribution in [0.4, 0.5) is 5.82 Å². The third-order valence-electron chi connectivity index (χ3n) is 4.17. The van der Waals surface area contributed by atoms with Crippen LogP contribution < -0.4 is 5.73 Å². The molecule has 0 bridgehead atoms. The van der Waals surface area contributed by atoms with Crippen LogP contribution in [0.2, 0.25) is 0 Å². The van der Waals surface area contributed by atoms with Gasteiger partial charge < -0.3 is 5.73 Å². The lowest BCUT2D eigenvalue weighted by Crippen LogP contribution is -2.23. The fourth-order valence-corrected chi connectivity index (χ4v) is 3.15. The van der Waals surface area contributed by atoms with Gasteiger partial charge in [-0.2, -0.15) is 5.10 Å². The topological polar surface area (TPSA) is 54.7 Å². The van der Waals surface area contributed by atoms with Crippen LogP contribution in [-0.4, -0.2) is 10.2 Å². The molecule has 0 unspecified atom stereocenters. The minimum atomic E-state index is 0.342. The molecule has 3 N–H and O–H groups in total. The predicted molar refractivity (Wildman–Crippen MR) is 67.4 cm³/mol. The number of nitrogens with two attached hydrogens (primary N) is 1. The summed E-state index contributed by atoms with van der Waals surface area (Å²) < 4.78 is 0. The van der Waals surface area contributed by atoms with E-state index >= 15 is 0 Å². The zero-order valence-corrected chi connectivity index (χ0v) is 10.5. The highest BCUT2D eigenvalue weighted by atomic mass is 15.2. The molecule has 1 aromatic rings. The molecule has 1 aromatic heterocycles. The van der Waals surface area contributed by atoms with Crippen molar-refractivity contribution in [2.45, 2.75) is 64.2 Å². The Morgan fingerprint density at radius 3 is 2.56 bits per heavy atom. The second kappa shape index (κ2) is 4.48. The second-order valence-electron chi connectivity index (χ2n) is 5.05. The molecular formula is C13H23N3. The van der Waals surface area contributed by atoms with E-state index in [1.54, 1.807) is 0 Å². The number of H-pyrrole nitrogens is 1. The van der Waals surface area contributed by atoms with Crippen molar-refractivity contribution in [1.82, 2.24) is 10.2 Å². The summed E-state index contributed by atoms with van der Waals surface area (Å²) in [7, 11) is 0. The molecule has 1 fully saturated rings. The SMILES string of the molecule is CCCc1c(N)n[nH]c1C1(CC)CCCC1. The average Bonchev–Trinajstić information content (AvgIpc) is 2.88. The van der Waals surface area contributed by atoms with Crippen LogP contribution in [0, 0.1) is 0 Å². The van der Waals surface area contributed by atoms with Crippen molar-refractivity contribution in [1.29, 1.82) is 0 Å². The van der Waals surface area contributed by atoms with E-state index in [1.165, 1.54) is 43.4 Å². The molecule has 0 aliphatic heterocycles. The van der Waals surface area contributed by atoms with Gasteiger partial charge in [0.05, 0.1) is 0 Å². The smallest absolute Gasteiger partial charge is 0.148 e. The standard InChI is InChI=1S/C13H23N3/c1-3-7-10-11(15-16-12(10)14)13(4-2)8-5-6-9-13/h3-9H2,1-2H3,(H3,14,15,16). The summed E-state index contributed by atoms with van der Waals surface area (Å²) in [4.78, 5) is 0. The Morgan fingerprint density at radius 2 is 2.00 bits per heavy atom. The molecule has 3 heteroatoms. The Kier molecular flexibility index (Phi) is 3.22. The molecule has 1 saturated carbocycles. The van der Waals surface area contributed by atoms with Crippen LogP contribution >= 0.6 is 0 Å². The van der Waals surface area contributed by atoms with Gasteiger partial charge in [0.15, 0.2) is 0 Å². The first kappa shape index (κ1) is 11.5. The number of nitrogen functional groups attached to an aromatic ring is 1.